The zero-order chi connectivity index (χ0) is 16.4. The van der Waals surface area contributed by atoms with Crippen LogP contribution in [0.4, 0.5) is 14.5 Å². The molecule has 116 valence electrons. The Kier molecular flexibility index (Phi) is 3.84. The van der Waals surface area contributed by atoms with E-state index in [9.17, 15) is 13.6 Å². The van der Waals surface area contributed by atoms with Gasteiger partial charge in [0.1, 0.15) is 5.82 Å². The van der Waals surface area contributed by atoms with Gasteiger partial charge in [-0.3, -0.25) is 4.79 Å². The lowest BCUT2D eigenvalue weighted by Gasteiger charge is -2.10. The van der Waals surface area contributed by atoms with Crippen LogP contribution in [0, 0.1) is 18.6 Å². The molecule has 0 radical (unpaired) electrons. The summed E-state index contributed by atoms with van der Waals surface area (Å²) in [6.07, 6.45) is 5.93. The highest BCUT2D eigenvalue weighted by molar-refractivity contribution is 6.03. The van der Waals surface area contributed by atoms with Gasteiger partial charge in [-0.2, -0.15) is 0 Å². The lowest BCUT2D eigenvalue weighted by molar-refractivity contribution is 0.101. The van der Waals surface area contributed by atoms with E-state index in [1.807, 2.05) is 11.5 Å². The summed E-state index contributed by atoms with van der Waals surface area (Å²) in [6.45, 7) is 1.88. The number of imidazole rings is 1. The van der Waals surface area contributed by atoms with Crippen LogP contribution in [-0.2, 0) is 0 Å². The quantitative estimate of drug-likeness (QED) is 0.808. The molecule has 3 rings (SSSR count). The fourth-order valence-corrected chi connectivity index (χ4v) is 2.20. The van der Waals surface area contributed by atoms with Crippen LogP contribution in [0.25, 0.3) is 5.69 Å². The third-order valence-electron chi connectivity index (χ3n) is 3.26. The van der Waals surface area contributed by atoms with E-state index >= 15 is 0 Å². The monoisotopic (exact) mass is 314 g/mol. The number of hydrogen-bond acceptors (Lipinski definition) is 3. The number of aryl methyl sites for hydroxylation is 1. The number of amides is 1. The third kappa shape index (κ3) is 3.08. The van der Waals surface area contributed by atoms with E-state index in [-0.39, 0.29) is 0 Å². The summed E-state index contributed by atoms with van der Waals surface area (Å²) in [4.78, 5) is 19.5. The van der Waals surface area contributed by atoms with Crippen LogP contribution in [-0.4, -0.2) is 20.4 Å². The zero-order valence-corrected chi connectivity index (χ0v) is 12.1. The summed E-state index contributed by atoms with van der Waals surface area (Å²) in [6, 6.07) is 5.85. The van der Waals surface area contributed by atoms with E-state index in [2.05, 4.69) is 15.3 Å². The van der Waals surface area contributed by atoms with Gasteiger partial charge in [0.25, 0.3) is 5.91 Å². The van der Waals surface area contributed by atoms with Gasteiger partial charge in [-0.1, -0.05) is 0 Å². The van der Waals surface area contributed by atoms with Gasteiger partial charge in [0.05, 0.1) is 12.5 Å². The van der Waals surface area contributed by atoms with Crippen molar-refractivity contribution in [2.24, 2.45) is 0 Å². The Balaban J connectivity index is 1.83. The Labute approximate surface area is 130 Å². The Morgan fingerprint density at radius 1 is 1.26 bits per heavy atom. The molecule has 0 aliphatic rings. The summed E-state index contributed by atoms with van der Waals surface area (Å²) in [5, 5.41) is 2.54. The first-order valence-corrected chi connectivity index (χ1v) is 6.76. The summed E-state index contributed by atoms with van der Waals surface area (Å²) in [5.41, 5.74) is 1.84. The van der Waals surface area contributed by atoms with Crippen molar-refractivity contribution in [2.45, 2.75) is 6.92 Å². The molecule has 0 bridgehead atoms. The number of nitrogens with zero attached hydrogens (tertiary/aromatic N) is 3. The van der Waals surface area contributed by atoms with Gasteiger partial charge in [0.15, 0.2) is 11.5 Å². The topological polar surface area (TPSA) is 59.8 Å². The lowest BCUT2D eigenvalue weighted by atomic mass is 10.1. The predicted molar refractivity (Wildman–Crippen MR) is 80.4 cm³/mol. The fraction of sp³-hybridized carbons (Fsp3) is 0.0625. The van der Waals surface area contributed by atoms with Crippen molar-refractivity contribution < 1.29 is 13.6 Å². The first-order chi connectivity index (χ1) is 11.0. The Hall–Kier alpha value is -3.09. The van der Waals surface area contributed by atoms with E-state index in [4.69, 9.17) is 0 Å². The van der Waals surface area contributed by atoms with E-state index in [1.54, 1.807) is 36.9 Å². The number of halogens is 2. The van der Waals surface area contributed by atoms with Crippen LogP contribution in [0.3, 0.4) is 0 Å². The number of nitrogens with one attached hydrogen (secondary N) is 1. The summed E-state index contributed by atoms with van der Waals surface area (Å²) >= 11 is 0. The van der Waals surface area contributed by atoms with Crippen LogP contribution in [0.1, 0.15) is 16.1 Å². The second-order valence-electron chi connectivity index (χ2n) is 4.91. The molecular weight excluding hydrogens is 302 g/mol. The number of rotatable bonds is 3. The van der Waals surface area contributed by atoms with Crippen molar-refractivity contribution in [3.05, 3.63) is 72.1 Å². The minimum Gasteiger partial charge on any atom is -0.321 e. The van der Waals surface area contributed by atoms with E-state index < -0.39 is 23.2 Å². The van der Waals surface area contributed by atoms with E-state index in [0.717, 1.165) is 17.4 Å². The molecule has 0 atom stereocenters. The van der Waals surface area contributed by atoms with Crippen molar-refractivity contribution in [1.29, 1.82) is 0 Å². The summed E-state index contributed by atoms with van der Waals surface area (Å²) in [7, 11) is 0. The number of anilines is 1. The highest BCUT2D eigenvalue weighted by Crippen LogP contribution is 2.19. The van der Waals surface area contributed by atoms with Crippen LogP contribution in [0.15, 0.2) is 49.2 Å². The number of aromatic nitrogens is 3. The summed E-state index contributed by atoms with van der Waals surface area (Å²) < 4.78 is 28.2. The molecule has 0 aliphatic heterocycles. The number of carbonyl (C=O) groups is 1. The number of pyridine rings is 1. The van der Waals surface area contributed by atoms with Gasteiger partial charge in [0, 0.05) is 29.8 Å². The van der Waals surface area contributed by atoms with Crippen LogP contribution in [0.5, 0.6) is 0 Å². The second kappa shape index (κ2) is 5.96. The van der Waals surface area contributed by atoms with Gasteiger partial charge in [-0.15, -0.1) is 0 Å². The van der Waals surface area contributed by atoms with Crippen LogP contribution >= 0.6 is 0 Å². The molecule has 2 aromatic heterocycles. The minimum atomic E-state index is -1.01. The molecule has 5 nitrogen and oxygen atoms in total. The van der Waals surface area contributed by atoms with Gasteiger partial charge in [0.2, 0.25) is 0 Å². The standard InChI is InChI=1S/C16H12F2N4O/c1-10-6-12(2-3-14(10)22-5-4-19-9-22)21-16(23)15-13(18)7-11(17)8-20-15/h2-9H,1H3,(H,21,23). The Morgan fingerprint density at radius 2 is 2.09 bits per heavy atom. The van der Waals surface area contributed by atoms with Crippen LogP contribution in [0.2, 0.25) is 0 Å². The first-order valence-electron chi connectivity index (χ1n) is 6.76. The van der Waals surface area contributed by atoms with E-state index in [1.165, 1.54) is 0 Å². The average Bonchev–Trinajstić information content (AvgIpc) is 3.01. The maximum atomic E-state index is 13.6. The van der Waals surface area contributed by atoms with Crippen molar-refractivity contribution in [1.82, 2.24) is 14.5 Å². The second-order valence-corrected chi connectivity index (χ2v) is 4.91. The van der Waals surface area contributed by atoms with Crippen molar-refractivity contribution in [3.8, 4) is 5.69 Å². The van der Waals surface area contributed by atoms with Gasteiger partial charge < -0.3 is 9.88 Å². The Bertz CT molecular complexity index is 863. The van der Waals surface area contributed by atoms with Crippen molar-refractivity contribution in [3.63, 3.8) is 0 Å². The van der Waals surface area contributed by atoms with Crippen molar-refractivity contribution >= 4 is 11.6 Å². The molecule has 0 spiro atoms. The molecule has 1 aromatic carbocycles. The lowest BCUT2D eigenvalue weighted by Crippen LogP contribution is -2.16. The molecule has 1 amide bonds. The molecular formula is C16H12F2N4O. The summed E-state index contributed by atoms with van der Waals surface area (Å²) in [5.74, 6) is -2.58. The highest BCUT2D eigenvalue weighted by Gasteiger charge is 2.15. The van der Waals surface area contributed by atoms with Gasteiger partial charge in [-0.25, -0.2) is 18.7 Å². The van der Waals surface area contributed by atoms with Gasteiger partial charge in [-0.05, 0) is 30.7 Å². The molecule has 1 N–H and O–H groups in total. The molecule has 0 saturated heterocycles. The predicted octanol–water partition coefficient (Wildman–Crippen LogP) is 3.11. The third-order valence-corrected chi connectivity index (χ3v) is 3.26. The van der Waals surface area contributed by atoms with Crippen molar-refractivity contribution in [2.75, 3.05) is 5.32 Å². The molecule has 23 heavy (non-hydrogen) atoms. The SMILES string of the molecule is Cc1cc(NC(=O)c2ncc(F)cc2F)ccc1-n1ccnc1. The fourth-order valence-electron chi connectivity index (χ4n) is 2.20. The number of benzene rings is 1. The molecule has 7 heteroatoms. The molecule has 0 fully saturated rings. The largest absolute Gasteiger partial charge is 0.321 e. The number of carbonyl (C=O) groups excluding carboxylic acids is 1. The van der Waals surface area contributed by atoms with E-state index in [0.29, 0.717) is 11.8 Å². The molecule has 0 saturated carbocycles. The molecule has 2 heterocycles. The number of hydrogen-bond donors (Lipinski definition) is 1. The Morgan fingerprint density at radius 3 is 2.74 bits per heavy atom. The molecule has 0 unspecified atom stereocenters. The average molecular weight is 314 g/mol. The van der Waals surface area contributed by atoms with Crippen LogP contribution < -0.4 is 5.32 Å². The zero-order valence-electron chi connectivity index (χ0n) is 12.1. The molecule has 0 aliphatic carbocycles. The minimum absolute atomic E-state index is 0.456. The maximum Gasteiger partial charge on any atom is 0.277 e. The first kappa shape index (κ1) is 14.8. The maximum absolute atomic E-state index is 13.6. The smallest absolute Gasteiger partial charge is 0.277 e. The normalized spacial score (nSPS) is 10.6. The molecule has 3 aromatic rings. The van der Waals surface area contributed by atoms with Gasteiger partial charge >= 0.3 is 0 Å². The highest BCUT2D eigenvalue weighted by atomic mass is 19.1.